The first kappa shape index (κ1) is 12.8. The van der Waals surface area contributed by atoms with Crippen LogP contribution in [0.3, 0.4) is 0 Å². The highest BCUT2D eigenvalue weighted by molar-refractivity contribution is 5.94. The van der Waals surface area contributed by atoms with E-state index >= 15 is 0 Å². The molecule has 88 valence electrons. The Bertz CT molecular complexity index is 340. The van der Waals surface area contributed by atoms with E-state index in [4.69, 9.17) is 4.74 Å². The maximum absolute atomic E-state index is 11.2. The number of Topliss-reactive ketones (excluding diaryl/α,β-unsaturated/α-hetero) is 1. The molecule has 0 spiro atoms. The average Bonchev–Trinajstić information content (AvgIpc) is 2.31. The molecule has 0 unspecified atom stereocenters. The SMILES string of the molecule is CCC(CC)COc1cccc(C(C)=O)c1. The van der Waals surface area contributed by atoms with Crippen molar-refractivity contribution >= 4 is 5.78 Å². The molecule has 0 aliphatic heterocycles. The number of ketones is 1. The molecule has 0 amide bonds. The average molecular weight is 220 g/mol. The van der Waals surface area contributed by atoms with E-state index in [1.807, 2.05) is 24.3 Å². The van der Waals surface area contributed by atoms with E-state index in [9.17, 15) is 4.79 Å². The van der Waals surface area contributed by atoms with Gasteiger partial charge in [-0.05, 0) is 25.0 Å². The van der Waals surface area contributed by atoms with Gasteiger partial charge in [0.15, 0.2) is 5.78 Å². The third-order valence-electron chi connectivity index (χ3n) is 2.88. The van der Waals surface area contributed by atoms with Crippen molar-refractivity contribution in [3.8, 4) is 5.75 Å². The van der Waals surface area contributed by atoms with E-state index in [0.29, 0.717) is 11.5 Å². The van der Waals surface area contributed by atoms with E-state index < -0.39 is 0 Å². The fourth-order valence-electron chi connectivity index (χ4n) is 1.54. The highest BCUT2D eigenvalue weighted by Gasteiger charge is 2.05. The van der Waals surface area contributed by atoms with Crippen molar-refractivity contribution in [2.45, 2.75) is 33.6 Å². The zero-order valence-corrected chi connectivity index (χ0v) is 10.3. The number of hydrogen-bond acceptors (Lipinski definition) is 2. The number of hydrogen-bond donors (Lipinski definition) is 0. The van der Waals surface area contributed by atoms with Crippen LogP contribution >= 0.6 is 0 Å². The maximum Gasteiger partial charge on any atom is 0.159 e. The van der Waals surface area contributed by atoms with Crippen molar-refractivity contribution in [3.05, 3.63) is 29.8 Å². The predicted octanol–water partition coefficient (Wildman–Crippen LogP) is 3.70. The lowest BCUT2D eigenvalue weighted by molar-refractivity contribution is 0.101. The quantitative estimate of drug-likeness (QED) is 0.683. The largest absolute Gasteiger partial charge is 0.493 e. The highest BCUT2D eigenvalue weighted by Crippen LogP contribution is 2.16. The van der Waals surface area contributed by atoms with Gasteiger partial charge in [-0.1, -0.05) is 38.8 Å². The Balaban J connectivity index is 2.60. The van der Waals surface area contributed by atoms with Gasteiger partial charge in [0.1, 0.15) is 5.75 Å². The lowest BCUT2D eigenvalue weighted by Crippen LogP contribution is -2.10. The molecule has 16 heavy (non-hydrogen) atoms. The van der Waals surface area contributed by atoms with Gasteiger partial charge in [-0.3, -0.25) is 4.79 Å². The Morgan fingerprint density at radius 2 is 2.00 bits per heavy atom. The molecule has 2 nitrogen and oxygen atoms in total. The Morgan fingerprint density at radius 1 is 1.31 bits per heavy atom. The maximum atomic E-state index is 11.2. The van der Waals surface area contributed by atoms with Gasteiger partial charge in [0.2, 0.25) is 0 Å². The predicted molar refractivity (Wildman–Crippen MR) is 66.0 cm³/mol. The molecule has 0 atom stereocenters. The zero-order chi connectivity index (χ0) is 12.0. The van der Waals surface area contributed by atoms with E-state index in [2.05, 4.69) is 13.8 Å². The van der Waals surface area contributed by atoms with Gasteiger partial charge in [-0.15, -0.1) is 0 Å². The standard InChI is InChI=1S/C14H20O2/c1-4-12(5-2)10-16-14-8-6-7-13(9-14)11(3)15/h6-9,12H,4-5,10H2,1-3H3. The van der Waals surface area contributed by atoms with E-state index in [1.54, 1.807) is 6.92 Å². The third kappa shape index (κ3) is 3.69. The van der Waals surface area contributed by atoms with Crippen LogP contribution in [-0.4, -0.2) is 12.4 Å². The van der Waals surface area contributed by atoms with Crippen molar-refractivity contribution in [1.82, 2.24) is 0 Å². The van der Waals surface area contributed by atoms with Crippen LogP contribution in [0.2, 0.25) is 0 Å². The smallest absolute Gasteiger partial charge is 0.159 e. The minimum absolute atomic E-state index is 0.0768. The van der Waals surface area contributed by atoms with Crippen molar-refractivity contribution in [3.63, 3.8) is 0 Å². The Morgan fingerprint density at radius 3 is 2.56 bits per heavy atom. The molecule has 0 heterocycles. The molecule has 1 aromatic rings. The van der Waals surface area contributed by atoms with E-state index in [-0.39, 0.29) is 5.78 Å². The van der Waals surface area contributed by atoms with E-state index in [1.165, 1.54) is 0 Å². The molecule has 1 rings (SSSR count). The van der Waals surface area contributed by atoms with Gasteiger partial charge in [0, 0.05) is 5.56 Å². The first-order valence-corrected chi connectivity index (χ1v) is 5.91. The van der Waals surface area contributed by atoms with Crippen LogP contribution in [-0.2, 0) is 0 Å². The number of rotatable bonds is 6. The second-order valence-electron chi connectivity index (χ2n) is 4.08. The molecule has 0 aliphatic carbocycles. The van der Waals surface area contributed by atoms with Crippen LogP contribution in [0.1, 0.15) is 44.0 Å². The molecule has 0 saturated heterocycles. The molecule has 0 aromatic heterocycles. The fraction of sp³-hybridized carbons (Fsp3) is 0.500. The van der Waals surface area contributed by atoms with Crippen LogP contribution < -0.4 is 4.74 Å². The Labute approximate surface area is 97.6 Å². The van der Waals surface area contributed by atoms with Gasteiger partial charge >= 0.3 is 0 Å². The molecule has 1 aromatic carbocycles. The van der Waals surface area contributed by atoms with Crippen LogP contribution in [0.15, 0.2) is 24.3 Å². The van der Waals surface area contributed by atoms with Crippen LogP contribution in [0.25, 0.3) is 0 Å². The Kier molecular flexibility index (Phi) is 5.03. The normalized spacial score (nSPS) is 10.5. The first-order valence-electron chi connectivity index (χ1n) is 5.91. The summed E-state index contributed by atoms with van der Waals surface area (Å²) in [6.07, 6.45) is 2.26. The summed E-state index contributed by atoms with van der Waals surface area (Å²) < 4.78 is 5.69. The monoisotopic (exact) mass is 220 g/mol. The van der Waals surface area contributed by atoms with E-state index in [0.717, 1.165) is 25.2 Å². The molecule has 0 radical (unpaired) electrons. The van der Waals surface area contributed by atoms with Gasteiger partial charge in [0.05, 0.1) is 6.61 Å². The lowest BCUT2D eigenvalue weighted by atomic mass is 10.1. The Hall–Kier alpha value is -1.31. The van der Waals surface area contributed by atoms with Crippen LogP contribution in [0, 0.1) is 5.92 Å². The summed E-state index contributed by atoms with van der Waals surface area (Å²) in [5.74, 6) is 1.47. The number of benzene rings is 1. The summed E-state index contributed by atoms with van der Waals surface area (Å²) in [5.41, 5.74) is 0.710. The summed E-state index contributed by atoms with van der Waals surface area (Å²) in [6, 6.07) is 7.38. The van der Waals surface area contributed by atoms with Gasteiger partial charge in [0.25, 0.3) is 0 Å². The minimum Gasteiger partial charge on any atom is -0.493 e. The summed E-state index contributed by atoms with van der Waals surface area (Å²) in [7, 11) is 0. The minimum atomic E-state index is 0.0768. The number of ether oxygens (including phenoxy) is 1. The zero-order valence-electron chi connectivity index (χ0n) is 10.3. The van der Waals surface area contributed by atoms with Crippen molar-refractivity contribution < 1.29 is 9.53 Å². The lowest BCUT2D eigenvalue weighted by Gasteiger charge is -2.13. The van der Waals surface area contributed by atoms with Crippen LogP contribution in [0.5, 0.6) is 5.75 Å². The molecule has 0 N–H and O–H groups in total. The fourth-order valence-corrected chi connectivity index (χ4v) is 1.54. The first-order chi connectivity index (χ1) is 7.67. The molecule has 0 bridgehead atoms. The number of carbonyl (C=O) groups excluding carboxylic acids is 1. The summed E-state index contributed by atoms with van der Waals surface area (Å²) in [5, 5.41) is 0. The van der Waals surface area contributed by atoms with Crippen LogP contribution in [0.4, 0.5) is 0 Å². The molecular formula is C14H20O2. The highest BCUT2D eigenvalue weighted by atomic mass is 16.5. The van der Waals surface area contributed by atoms with Gasteiger partial charge in [-0.2, -0.15) is 0 Å². The third-order valence-corrected chi connectivity index (χ3v) is 2.88. The number of carbonyl (C=O) groups is 1. The summed E-state index contributed by atoms with van der Waals surface area (Å²) in [4.78, 5) is 11.2. The second kappa shape index (κ2) is 6.31. The molecule has 0 fully saturated rings. The second-order valence-corrected chi connectivity index (χ2v) is 4.08. The summed E-state index contributed by atoms with van der Waals surface area (Å²) in [6.45, 7) is 6.64. The molecule has 0 aliphatic rings. The van der Waals surface area contributed by atoms with Crippen molar-refractivity contribution in [2.24, 2.45) is 5.92 Å². The molecule has 2 heteroatoms. The summed E-state index contributed by atoms with van der Waals surface area (Å²) >= 11 is 0. The van der Waals surface area contributed by atoms with Gasteiger partial charge < -0.3 is 4.74 Å². The molecular weight excluding hydrogens is 200 g/mol. The van der Waals surface area contributed by atoms with Gasteiger partial charge in [-0.25, -0.2) is 0 Å². The topological polar surface area (TPSA) is 26.3 Å². The van der Waals surface area contributed by atoms with Crippen molar-refractivity contribution in [1.29, 1.82) is 0 Å². The van der Waals surface area contributed by atoms with Crippen molar-refractivity contribution in [2.75, 3.05) is 6.61 Å². The molecule has 0 saturated carbocycles.